The molecular formula is C4H7BO. The molecule has 0 spiro atoms. The minimum atomic E-state index is 0.351. The highest BCUT2D eigenvalue weighted by Gasteiger charge is 1.75. The smallest absolute Gasteiger partial charge is 0.283 e. The van der Waals surface area contributed by atoms with Gasteiger partial charge in [0.25, 0.3) is 8.05 Å². The van der Waals surface area contributed by atoms with E-state index in [4.69, 9.17) is 1.37 Å². The van der Waals surface area contributed by atoms with Gasteiger partial charge in [-0.05, 0) is 6.92 Å². The number of hydrogen-bond acceptors (Lipinski definition) is 1. The summed E-state index contributed by atoms with van der Waals surface area (Å²) in [6.07, 6.45) is 0. The van der Waals surface area contributed by atoms with Crippen LogP contribution in [-0.4, -0.2) is 14.7 Å². The fourth-order valence-electron chi connectivity index (χ4n) is 0.131. The largest absolute Gasteiger partial charge is 0.444 e. The summed E-state index contributed by atoms with van der Waals surface area (Å²) in [6.45, 7) is 3.34. The van der Waals surface area contributed by atoms with Gasteiger partial charge in [-0.1, -0.05) is 12.1 Å². The lowest BCUT2D eigenvalue weighted by molar-refractivity contribution is 0.389. The van der Waals surface area contributed by atoms with Crippen LogP contribution in [0.3, 0.4) is 0 Å². The van der Waals surface area contributed by atoms with Crippen LogP contribution in [0.2, 0.25) is 0 Å². The second-order valence-corrected chi connectivity index (χ2v) is 1.16. The van der Waals surface area contributed by atoms with Crippen LogP contribution < -0.4 is 0 Å². The molecule has 0 saturated carbocycles. The molecule has 0 rings (SSSR count). The van der Waals surface area contributed by atoms with Crippen molar-refractivity contribution < 1.29 is 6.03 Å². The fourth-order valence-corrected chi connectivity index (χ4v) is 0.131. The third-order valence-corrected chi connectivity index (χ3v) is 0.311. The molecular weight excluding hydrogens is 74.9 g/mol. The molecule has 1 nitrogen and oxygen atoms in total. The quantitative estimate of drug-likeness (QED) is 0.352. The third kappa shape index (κ3) is 3.76. The summed E-state index contributed by atoms with van der Waals surface area (Å²) in [4.78, 5) is 0. The van der Waals surface area contributed by atoms with Gasteiger partial charge in [0.05, 0.1) is 1.37 Å². The zero-order chi connectivity index (χ0) is 5.70. The zero-order valence-corrected chi connectivity index (χ0v) is 3.77. The summed E-state index contributed by atoms with van der Waals surface area (Å²) in [5.74, 6) is 0. The third-order valence-electron chi connectivity index (χ3n) is 0.311. The molecule has 0 aromatic rings. The molecule has 0 heterocycles. The molecule has 0 atom stereocenters. The van der Waals surface area contributed by atoms with E-state index in [0.717, 1.165) is 5.57 Å². The van der Waals surface area contributed by atoms with E-state index in [1.54, 1.807) is 6.92 Å². The van der Waals surface area contributed by atoms with Crippen molar-refractivity contribution in [2.24, 2.45) is 0 Å². The molecule has 0 saturated heterocycles. The Kier molecular flexibility index (Phi) is 1.95. The molecule has 0 fully saturated rings. The standard InChI is InChI=1S/C4H7BO/c1-4(2)3-6-5/h1,3H2,2H3/i1D. The van der Waals surface area contributed by atoms with Gasteiger partial charge in [0.15, 0.2) is 0 Å². The summed E-state index contributed by atoms with van der Waals surface area (Å²) in [6, 6.07) is 0. The van der Waals surface area contributed by atoms with E-state index >= 15 is 0 Å². The Bertz CT molecular complexity index is 72.1. The first-order chi connectivity index (χ1) is 3.31. The highest BCUT2D eigenvalue weighted by Crippen LogP contribution is 1.82. The summed E-state index contributed by atoms with van der Waals surface area (Å²) in [5, 5.41) is 0. The molecule has 2 heteroatoms. The maximum absolute atomic E-state index is 6.61. The molecule has 0 amide bonds. The molecule has 0 aliphatic heterocycles. The van der Waals surface area contributed by atoms with Crippen molar-refractivity contribution in [3.63, 3.8) is 0 Å². The topological polar surface area (TPSA) is 9.23 Å². The van der Waals surface area contributed by atoms with Crippen LogP contribution in [0.1, 0.15) is 8.29 Å². The van der Waals surface area contributed by atoms with Crippen LogP contribution in [-0.2, 0) is 4.65 Å². The lowest BCUT2D eigenvalue weighted by Gasteiger charge is -1.91. The van der Waals surface area contributed by atoms with E-state index < -0.39 is 0 Å². The first-order valence-corrected chi connectivity index (χ1v) is 1.67. The molecule has 0 aliphatic rings. The van der Waals surface area contributed by atoms with Gasteiger partial charge < -0.3 is 4.65 Å². The minimum absolute atomic E-state index is 0.351. The van der Waals surface area contributed by atoms with Gasteiger partial charge in [-0.25, -0.2) is 0 Å². The van der Waals surface area contributed by atoms with Crippen LogP contribution >= 0.6 is 0 Å². The van der Waals surface area contributed by atoms with Crippen LogP contribution in [0.15, 0.2) is 12.1 Å². The van der Waals surface area contributed by atoms with Crippen molar-refractivity contribution in [2.45, 2.75) is 6.92 Å². The second-order valence-electron chi connectivity index (χ2n) is 1.16. The van der Waals surface area contributed by atoms with Gasteiger partial charge in [-0.2, -0.15) is 0 Å². The Morgan fingerprint density at radius 3 is 3.17 bits per heavy atom. The van der Waals surface area contributed by atoms with Gasteiger partial charge in [-0.15, -0.1) is 0 Å². The zero-order valence-electron chi connectivity index (χ0n) is 4.77. The highest BCUT2D eigenvalue weighted by atomic mass is 16.4. The molecule has 6 heavy (non-hydrogen) atoms. The Morgan fingerprint density at radius 1 is 2.33 bits per heavy atom. The molecule has 32 valence electrons. The van der Waals surface area contributed by atoms with E-state index in [1.165, 1.54) is 6.55 Å². The Labute approximate surface area is 40.8 Å². The van der Waals surface area contributed by atoms with Crippen molar-refractivity contribution in [1.29, 1.82) is 0 Å². The van der Waals surface area contributed by atoms with Crippen molar-refractivity contribution in [1.82, 2.24) is 0 Å². The van der Waals surface area contributed by atoms with Crippen LogP contribution in [0.25, 0.3) is 0 Å². The molecule has 0 aromatic carbocycles. The molecule has 0 aliphatic carbocycles. The van der Waals surface area contributed by atoms with Crippen molar-refractivity contribution in [3.05, 3.63) is 12.1 Å². The average Bonchev–Trinajstić information content (AvgIpc) is 1.68. The summed E-state index contributed by atoms with van der Waals surface area (Å²) in [5.41, 5.74) is 0.822. The SMILES string of the molecule is [2H]C=C(C)CO[B]. The Balaban J connectivity index is 3.17. The van der Waals surface area contributed by atoms with E-state index in [-0.39, 0.29) is 0 Å². The van der Waals surface area contributed by atoms with Crippen LogP contribution in [0.5, 0.6) is 0 Å². The molecule has 0 unspecified atom stereocenters. The lowest BCUT2D eigenvalue weighted by Crippen LogP contribution is -1.87. The van der Waals surface area contributed by atoms with Gasteiger partial charge in [0, 0.05) is 6.61 Å². The predicted molar refractivity (Wildman–Crippen MR) is 26.5 cm³/mol. The molecule has 0 bridgehead atoms. The van der Waals surface area contributed by atoms with E-state index in [9.17, 15) is 0 Å². The van der Waals surface area contributed by atoms with E-state index in [2.05, 4.69) is 12.7 Å². The maximum Gasteiger partial charge on any atom is 0.283 e. The van der Waals surface area contributed by atoms with Gasteiger partial charge in [0.2, 0.25) is 0 Å². The summed E-state index contributed by atoms with van der Waals surface area (Å²) in [7, 11) is 4.68. The number of hydrogen-bond donors (Lipinski definition) is 0. The van der Waals surface area contributed by atoms with Crippen LogP contribution in [0.4, 0.5) is 0 Å². The monoisotopic (exact) mass is 83.1 g/mol. The average molecular weight is 82.9 g/mol. The molecule has 2 radical (unpaired) electrons. The van der Waals surface area contributed by atoms with Crippen molar-refractivity contribution in [3.8, 4) is 0 Å². The fraction of sp³-hybridized carbons (Fsp3) is 0.500. The molecule has 0 aromatic heterocycles. The van der Waals surface area contributed by atoms with Gasteiger partial charge in [0.1, 0.15) is 0 Å². The minimum Gasteiger partial charge on any atom is -0.444 e. The highest BCUT2D eigenvalue weighted by molar-refractivity contribution is 5.98. The normalized spacial score (nSPS) is 14.2. The molecule has 0 N–H and O–H groups in total. The Hall–Kier alpha value is -0.235. The lowest BCUT2D eigenvalue weighted by atomic mass is 10.4. The number of rotatable bonds is 2. The van der Waals surface area contributed by atoms with Crippen molar-refractivity contribution >= 4 is 8.05 Å². The second kappa shape index (κ2) is 2.97. The summed E-state index contributed by atoms with van der Waals surface area (Å²) >= 11 is 0. The predicted octanol–water partition coefficient (Wildman–Crippen LogP) is 0.663. The first kappa shape index (κ1) is 3.94. The maximum atomic E-state index is 6.61. The summed E-state index contributed by atoms with van der Waals surface area (Å²) < 4.78 is 10.8. The van der Waals surface area contributed by atoms with Gasteiger partial charge >= 0.3 is 0 Å². The van der Waals surface area contributed by atoms with E-state index in [0.29, 0.717) is 6.61 Å². The van der Waals surface area contributed by atoms with Crippen molar-refractivity contribution in [2.75, 3.05) is 6.61 Å². The van der Waals surface area contributed by atoms with E-state index in [1.807, 2.05) is 0 Å². The van der Waals surface area contributed by atoms with Gasteiger partial charge in [-0.3, -0.25) is 0 Å². The Morgan fingerprint density at radius 2 is 3.00 bits per heavy atom. The first-order valence-electron chi connectivity index (χ1n) is 2.24. The van der Waals surface area contributed by atoms with Crippen LogP contribution in [0, 0.1) is 0 Å².